The van der Waals surface area contributed by atoms with Crippen LogP contribution in [-0.4, -0.2) is 49.2 Å². The second-order valence-corrected chi connectivity index (χ2v) is 5.74. The molecular weight excluding hydrogens is 280 g/mol. The molecule has 0 bridgehead atoms. The van der Waals surface area contributed by atoms with Gasteiger partial charge in [0.15, 0.2) is 11.5 Å². The molecule has 1 aliphatic heterocycles. The number of likely N-dealkylation sites (N-methyl/N-ethyl adjacent to an activating group) is 1. The van der Waals surface area contributed by atoms with Crippen LogP contribution in [0.1, 0.15) is 32.3 Å². The number of hydrogen-bond acceptors (Lipinski definition) is 4. The maximum Gasteiger partial charge on any atom is 0.236 e. The molecule has 122 valence electrons. The Morgan fingerprint density at radius 2 is 1.82 bits per heavy atom. The van der Waals surface area contributed by atoms with Gasteiger partial charge in [0.05, 0.1) is 6.54 Å². The number of carbonyl (C=O) groups excluding carboxylic acids is 1. The molecular formula is C17H26N2O3. The van der Waals surface area contributed by atoms with E-state index in [1.165, 1.54) is 0 Å². The topological polar surface area (TPSA) is 42.0 Å². The second kappa shape index (κ2) is 8.03. The highest BCUT2D eigenvalue weighted by Crippen LogP contribution is 2.32. The van der Waals surface area contributed by atoms with Gasteiger partial charge in [-0.1, -0.05) is 19.9 Å². The molecule has 0 N–H and O–H groups in total. The molecule has 22 heavy (non-hydrogen) atoms. The van der Waals surface area contributed by atoms with Crippen molar-refractivity contribution < 1.29 is 14.3 Å². The highest BCUT2D eigenvalue weighted by molar-refractivity contribution is 5.78. The third-order valence-electron chi connectivity index (χ3n) is 3.63. The first-order valence-electron chi connectivity index (χ1n) is 7.98. The minimum absolute atomic E-state index is 0.201. The molecule has 0 radical (unpaired) electrons. The van der Waals surface area contributed by atoms with Crippen LogP contribution in [0.25, 0.3) is 0 Å². The van der Waals surface area contributed by atoms with E-state index in [0.29, 0.717) is 13.1 Å². The van der Waals surface area contributed by atoms with Crippen LogP contribution in [0.5, 0.6) is 11.5 Å². The van der Waals surface area contributed by atoms with Gasteiger partial charge in [-0.05, 0) is 37.6 Å². The number of hydrogen-bond donors (Lipinski definition) is 0. The smallest absolute Gasteiger partial charge is 0.236 e. The van der Waals surface area contributed by atoms with Crippen molar-refractivity contribution in [1.82, 2.24) is 9.80 Å². The Morgan fingerprint density at radius 1 is 1.14 bits per heavy atom. The number of ether oxygens (including phenoxy) is 2. The van der Waals surface area contributed by atoms with Gasteiger partial charge >= 0.3 is 0 Å². The van der Waals surface area contributed by atoms with Gasteiger partial charge in [-0.15, -0.1) is 0 Å². The SMILES string of the molecule is CCCN(CCC)C(=O)CN(C)Cc1ccc2c(c1)OCO2. The standard InChI is InChI=1S/C17H26N2O3/c1-4-8-19(9-5-2)17(20)12-18(3)11-14-6-7-15-16(10-14)22-13-21-15/h6-7,10H,4-5,8-9,11-13H2,1-3H3. The molecule has 5 heteroatoms. The molecule has 0 atom stereocenters. The fraction of sp³-hybridized carbons (Fsp3) is 0.588. The van der Waals surface area contributed by atoms with E-state index >= 15 is 0 Å². The molecule has 0 aromatic heterocycles. The third-order valence-corrected chi connectivity index (χ3v) is 3.63. The molecule has 1 amide bonds. The summed E-state index contributed by atoms with van der Waals surface area (Å²) in [6, 6.07) is 5.93. The van der Waals surface area contributed by atoms with E-state index in [9.17, 15) is 4.79 Å². The quantitative estimate of drug-likeness (QED) is 0.740. The zero-order valence-corrected chi connectivity index (χ0v) is 13.8. The number of benzene rings is 1. The summed E-state index contributed by atoms with van der Waals surface area (Å²) in [5.74, 6) is 1.78. The molecule has 0 unspecified atom stereocenters. The van der Waals surface area contributed by atoms with Gasteiger partial charge in [-0.25, -0.2) is 0 Å². The summed E-state index contributed by atoms with van der Waals surface area (Å²) in [5.41, 5.74) is 1.12. The van der Waals surface area contributed by atoms with Crippen molar-refractivity contribution in [3.8, 4) is 11.5 Å². The highest BCUT2D eigenvalue weighted by atomic mass is 16.7. The molecule has 0 saturated carbocycles. The maximum absolute atomic E-state index is 12.4. The zero-order chi connectivity index (χ0) is 15.9. The van der Waals surface area contributed by atoms with Gasteiger partial charge in [0.25, 0.3) is 0 Å². The van der Waals surface area contributed by atoms with Crippen molar-refractivity contribution in [3.05, 3.63) is 23.8 Å². The van der Waals surface area contributed by atoms with E-state index < -0.39 is 0 Å². The number of nitrogens with zero attached hydrogens (tertiary/aromatic N) is 2. The summed E-state index contributed by atoms with van der Waals surface area (Å²) in [7, 11) is 1.97. The predicted molar refractivity (Wildman–Crippen MR) is 86.1 cm³/mol. The molecule has 0 spiro atoms. The summed E-state index contributed by atoms with van der Waals surface area (Å²) in [6.45, 7) is 7.33. The summed E-state index contributed by atoms with van der Waals surface area (Å²) in [5, 5.41) is 0. The summed E-state index contributed by atoms with van der Waals surface area (Å²) < 4.78 is 10.7. The van der Waals surface area contributed by atoms with Crippen molar-refractivity contribution in [2.45, 2.75) is 33.2 Å². The lowest BCUT2D eigenvalue weighted by Crippen LogP contribution is -2.39. The third kappa shape index (κ3) is 4.37. The first-order chi connectivity index (χ1) is 10.6. The van der Waals surface area contributed by atoms with Crippen LogP contribution in [0, 0.1) is 0 Å². The first-order valence-corrected chi connectivity index (χ1v) is 7.98. The van der Waals surface area contributed by atoms with E-state index in [0.717, 1.165) is 43.0 Å². The van der Waals surface area contributed by atoms with Crippen molar-refractivity contribution in [2.75, 3.05) is 33.5 Å². The molecule has 0 fully saturated rings. The Labute approximate surface area is 132 Å². The summed E-state index contributed by atoms with van der Waals surface area (Å²) in [4.78, 5) is 16.3. The maximum atomic E-state index is 12.4. The predicted octanol–water partition coefficient (Wildman–Crippen LogP) is 2.50. The van der Waals surface area contributed by atoms with Gasteiger partial charge in [0.2, 0.25) is 12.7 Å². The largest absolute Gasteiger partial charge is 0.454 e. The highest BCUT2D eigenvalue weighted by Gasteiger charge is 2.16. The molecule has 0 saturated heterocycles. The fourth-order valence-corrected chi connectivity index (χ4v) is 2.64. The van der Waals surface area contributed by atoms with Crippen LogP contribution in [0.4, 0.5) is 0 Å². The Bertz CT molecular complexity index is 499. The fourth-order valence-electron chi connectivity index (χ4n) is 2.64. The van der Waals surface area contributed by atoms with E-state index in [1.54, 1.807) is 0 Å². The summed E-state index contributed by atoms with van der Waals surface area (Å²) >= 11 is 0. The molecule has 1 aliphatic rings. The van der Waals surface area contributed by atoms with Crippen molar-refractivity contribution in [3.63, 3.8) is 0 Å². The summed E-state index contributed by atoms with van der Waals surface area (Å²) in [6.07, 6.45) is 2.00. The van der Waals surface area contributed by atoms with E-state index in [2.05, 4.69) is 13.8 Å². The molecule has 2 rings (SSSR count). The number of fused-ring (bicyclic) bond motifs is 1. The van der Waals surface area contributed by atoms with E-state index in [4.69, 9.17) is 9.47 Å². The zero-order valence-electron chi connectivity index (χ0n) is 13.8. The van der Waals surface area contributed by atoms with Gasteiger partial charge < -0.3 is 14.4 Å². The Hall–Kier alpha value is -1.75. The van der Waals surface area contributed by atoms with Gasteiger partial charge in [0, 0.05) is 19.6 Å². The van der Waals surface area contributed by atoms with Crippen LogP contribution >= 0.6 is 0 Å². The Balaban J connectivity index is 1.88. The lowest BCUT2D eigenvalue weighted by molar-refractivity contribution is -0.132. The van der Waals surface area contributed by atoms with E-state index in [1.807, 2.05) is 35.0 Å². The van der Waals surface area contributed by atoms with Crippen LogP contribution in [0.2, 0.25) is 0 Å². The van der Waals surface area contributed by atoms with Crippen molar-refractivity contribution in [1.29, 1.82) is 0 Å². The van der Waals surface area contributed by atoms with Crippen molar-refractivity contribution in [2.24, 2.45) is 0 Å². The van der Waals surface area contributed by atoms with Crippen LogP contribution in [-0.2, 0) is 11.3 Å². The number of amides is 1. The monoisotopic (exact) mass is 306 g/mol. The van der Waals surface area contributed by atoms with Crippen LogP contribution in [0.15, 0.2) is 18.2 Å². The molecule has 0 aliphatic carbocycles. The van der Waals surface area contributed by atoms with Gasteiger partial charge in [-0.2, -0.15) is 0 Å². The average molecular weight is 306 g/mol. The molecule has 1 aromatic carbocycles. The first kappa shape index (κ1) is 16.6. The molecule has 5 nitrogen and oxygen atoms in total. The number of carbonyl (C=O) groups is 1. The van der Waals surface area contributed by atoms with Crippen molar-refractivity contribution >= 4 is 5.91 Å². The average Bonchev–Trinajstić information content (AvgIpc) is 2.94. The minimum atomic E-state index is 0.201. The second-order valence-electron chi connectivity index (χ2n) is 5.74. The lowest BCUT2D eigenvalue weighted by atomic mass is 10.2. The lowest BCUT2D eigenvalue weighted by Gasteiger charge is -2.25. The van der Waals surface area contributed by atoms with Crippen LogP contribution < -0.4 is 9.47 Å². The van der Waals surface area contributed by atoms with Crippen LogP contribution in [0.3, 0.4) is 0 Å². The minimum Gasteiger partial charge on any atom is -0.454 e. The molecule has 1 aromatic rings. The Morgan fingerprint density at radius 3 is 2.50 bits per heavy atom. The molecule has 1 heterocycles. The number of rotatable bonds is 8. The Kier molecular flexibility index (Phi) is 6.07. The van der Waals surface area contributed by atoms with Gasteiger partial charge in [0.1, 0.15) is 0 Å². The normalized spacial score (nSPS) is 12.7. The van der Waals surface area contributed by atoms with E-state index in [-0.39, 0.29) is 12.7 Å². The van der Waals surface area contributed by atoms with Gasteiger partial charge in [-0.3, -0.25) is 9.69 Å².